The molecule has 0 radical (unpaired) electrons. The van der Waals surface area contributed by atoms with Crippen molar-refractivity contribution >= 4 is 0 Å². The molecule has 0 spiro atoms. The van der Waals surface area contributed by atoms with E-state index in [0.717, 1.165) is 5.82 Å². The molecule has 2 aromatic rings. The molecular weight excluding hydrogens is 200 g/mol. The quantitative estimate of drug-likeness (QED) is 0.848. The second kappa shape index (κ2) is 4.86. The van der Waals surface area contributed by atoms with Gasteiger partial charge in [0.2, 0.25) is 0 Å². The predicted octanol–water partition coefficient (Wildman–Crippen LogP) is 1.87. The molecule has 1 aromatic heterocycles. The minimum absolute atomic E-state index is 0.0384. The van der Waals surface area contributed by atoms with Gasteiger partial charge in [-0.1, -0.05) is 29.8 Å². The van der Waals surface area contributed by atoms with Crippen LogP contribution in [0.4, 0.5) is 0 Å². The number of nitrogens with zero attached hydrogens (tertiary/aromatic N) is 2. The minimum Gasteiger partial charge on any atom is -0.390 e. The monoisotopic (exact) mass is 214 g/mol. The van der Waals surface area contributed by atoms with Gasteiger partial charge in [0.05, 0.1) is 12.3 Å². The van der Waals surface area contributed by atoms with Crippen LogP contribution in [0.15, 0.2) is 36.5 Å². The fourth-order valence-corrected chi connectivity index (χ4v) is 1.62. The van der Waals surface area contributed by atoms with Crippen LogP contribution in [-0.4, -0.2) is 15.1 Å². The summed E-state index contributed by atoms with van der Waals surface area (Å²) < 4.78 is 0. The van der Waals surface area contributed by atoms with E-state index in [1.807, 2.05) is 6.07 Å². The smallest absolute Gasteiger partial charge is 0.132 e. The summed E-state index contributed by atoms with van der Waals surface area (Å²) >= 11 is 0. The molecule has 0 saturated carbocycles. The number of hydrogen-bond donors (Lipinski definition) is 1. The summed E-state index contributed by atoms with van der Waals surface area (Å²) in [6.45, 7) is 2.03. The van der Waals surface area contributed by atoms with Crippen molar-refractivity contribution in [1.29, 1.82) is 0 Å². The normalized spacial score (nSPS) is 10.4. The fraction of sp³-hybridized carbons (Fsp3) is 0.231. The molecule has 1 aromatic carbocycles. The average Bonchev–Trinajstić information content (AvgIpc) is 2.29. The second-order valence-corrected chi connectivity index (χ2v) is 3.79. The molecule has 0 saturated heterocycles. The number of aliphatic hydroxyl groups is 1. The van der Waals surface area contributed by atoms with E-state index < -0.39 is 0 Å². The summed E-state index contributed by atoms with van der Waals surface area (Å²) in [5.74, 6) is 0.747. The molecule has 82 valence electrons. The number of rotatable bonds is 3. The van der Waals surface area contributed by atoms with Crippen molar-refractivity contribution in [3.8, 4) is 0 Å². The molecule has 1 N–H and O–H groups in total. The maximum absolute atomic E-state index is 8.98. The first-order valence-corrected chi connectivity index (χ1v) is 5.25. The third-order valence-corrected chi connectivity index (χ3v) is 2.37. The lowest BCUT2D eigenvalue weighted by Crippen LogP contribution is -1.99. The second-order valence-electron chi connectivity index (χ2n) is 3.79. The van der Waals surface area contributed by atoms with E-state index in [-0.39, 0.29) is 6.61 Å². The Balaban J connectivity index is 2.20. The maximum Gasteiger partial charge on any atom is 0.132 e. The summed E-state index contributed by atoms with van der Waals surface area (Å²) in [7, 11) is 0. The van der Waals surface area contributed by atoms with Gasteiger partial charge in [0.25, 0.3) is 0 Å². The van der Waals surface area contributed by atoms with Crippen molar-refractivity contribution in [2.24, 2.45) is 0 Å². The summed E-state index contributed by atoms with van der Waals surface area (Å²) in [6, 6.07) is 9.99. The number of aliphatic hydroxyl groups excluding tert-OH is 1. The number of hydrogen-bond acceptors (Lipinski definition) is 3. The van der Waals surface area contributed by atoms with E-state index in [1.54, 1.807) is 12.3 Å². The van der Waals surface area contributed by atoms with Crippen molar-refractivity contribution in [2.45, 2.75) is 20.0 Å². The molecular formula is C13H14N2O. The van der Waals surface area contributed by atoms with Gasteiger partial charge < -0.3 is 5.11 Å². The molecule has 0 amide bonds. The summed E-state index contributed by atoms with van der Waals surface area (Å²) in [6.07, 6.45) is 2.39. The first kappa shape index (κ1) is 10.8. The van der Waals surface area contributed by atoms with Crippen LogP contribution in [0, 0.1) is 6.92 Å². The van der Waals surface area contributed by atoms with Crippen LogP contribution in [0.2, 0.25) is 0 Å². The van der Waals surface area contributed by atoms with Crippen molar-refractivity contribution in [3.05, 3.63) is 59.2 Å². The third kappa shape index (κ3) is 2.64. The summed E-state index contributed by atoms with van der Waals surface area (Å²) in [4.78, 5) is 8.45. The Morgan fingerprint density at radius 1 is 1.25 bits per heavy atom. The SMILES string of the molecule is Cc1cccc(Cc2nccc(CO)n2)c1. The van der Waals surface area contributed by atoms with Crippen molar-refractivity contribution in [1.82, 2.24) is 9.97 Å². The molecule has 3 heteroatoms. The van der Waals surface area contributed by atoms with Crippen LogP contribution >= 0.6 is 0 Å². The van der Waals surface area contributed by atoms with E-state index in [1.165, 1.54) is 11.1 Å². The predicted molar refractivity (Wildman–Crippen MR) is 61.9 cm³/mol. The van der Waals surface area contributed by atoms with E-state index in [4.69, 9.17) is 5.11 Å². The van der Waals surface area contributed by atoms with Crippen LogP contribution in [0.3, 0.4) is 0 Å². The zero-order chi connectivity index (χ0) is 11.4. The molecule has 3 nitrogen and oxygen atoms in total. The lowest BCUT2D eigenvalue weighted by Gasteiger charge is -2.03. The first-order chi connectivity index (χ1) is 7.78. The molecule has 16 heavy (non-hydrogen) atoms. The highest BCUT2D eigenvalue weighted by Crippen LogP contribution is 2.08. The Bertz CT molecular complexity index is 483. The van der Waals surface area contributed by atoms with Gasteiger partial charge in [0, 0.05) is 12.6 Å². The van der Waals surface area contributed by atoms with E-state index in [0.29, 0.717) is 12.1 Å². The zero-order valence-electron chi connectivity index (χ0n) is 9.22. The lowest BCUT2D eigenvalue weighted by molar-refractivity contribution is 0.276. The Hall–Kier alpha value is -1.74. The van der Waals surface area contributed by atoms with Gasteiger partial charge in [-0.15, -0.1) is 0 Å². The van der Waals surface area contributed by atoms with E-state index >= 15 is 0 Å². The average molecular weight is 214 g/mol. The van der Waals surface area contributed by atoms with Gasteiger partial charge in [-0.3, -0.25) is 0 Å². The molecule has 0 aliphatic heterocycles. The lowest BCUT2D eigenvalue weighted by atomic mass is 10.1. The maximum atomic E-state index is 8.98. The Morgan fingerprint density at radius 2 is 2.12 bits per heavy atom. The topological polar surface area (TPSA) is 46.0 Å². The van der Waals surface area contributed by atoms with Crippen LogP contribution in [0.25, 0.3) is 0 Å². The van der Waals surface area contributed by atoms with Gasteiger partial charge in [0.15, 0.2) is 0 Å². The molecule has 0 bridgehead atoms. The van der Waals surface area contributed by atoms with Crippen molar-refractivity contribution in [3.63, 3.8) is 0 Å². The summed E-state index contributed by atoms with van der Waals surface area (Å²) in [5, 5.41) is 8.98. The highest BCUT2D eigenvalue weighted by atomic mass is 16.3. The molecule has 2 rings (SSSR count). The first-order valence-electron chi connectivity index (χ1n) is 5.25. The molecule has 0 atom stereocenters. The van der Waals surface area contributed by atoms with Gasteiger partial charge >= 0.3 is 0 Å². The molecule has 0 aliphatic rings. The van der Waals surface area contributed by atoms with Crippen molar-refractivity contribution < 1.29 is 5.11 Å². The highest BCUT2D eigenvalue weighted by Gasteiger charge is 2.00. The Morgan fingerprint density at radius 3 is 2.88 bits per heavy atom. The highest BCUT2D eigenvalue weighted by molar-refractivity contribution is 5.24. The molecule has 0 unspecified atom stereocenters. The van der Waals surface area contributed by atoms with Crippen LogP contribution in [0.5, 0.6) is 0 Å². The van der Waals surface area contributed by atoms with E-state index in [2.05, 4.69) is 35.1 Å². The molecule has 0 fully saturated rings. The van der Waals surface area contributed by atoms with Crippen LogP contribution < -0.4 is 0 Å². The molecule has 1 heterocycles. The van der Waals surface area contributed by atoms with Gasteiger partial charge in [0.1, 0.15) is 5.82 Å². The van der Waals surface area contributed by atoms with E-state index in [9.17, 15) is 0 Å². The Kier molecular flexibility index (Phi) is 3.27. The van der Waals surface area contributed by atoms with Gasteiger partial charge in [-0.2, -0.15) is 0 Å². The van der Waals surface area contributed by atoms with Gasteiger partial charge in [-0.25, -0.2) is 9.97 Å². The van der Waals surface area contributed by atoms with Crippen LogP contribution in [-0.2, 0) is 13.0 Å². The Labute approximate surface area is 94.8 Å². The summed E-state index contributed by atoms with van der Waals surface area (Å²) in [5.41, 5.74) is 3.09. The minimum atomic E-state index is -0.0384. The largest absolute Gasteiger partial charge is 0.390 e. The zero-order valence-corrected chi connectivity index (χ0v) is 9.22. The van der Waals surface area contributed by atoms with Gasteiger partial charge in [-0.05, 0) is 18.6 Å². The van der Waals surface area contributed by atoms with Crippen molar-refractivity contribution in [2.75, 3.05) is 0 Å². The van der Waals surface area contributed by atoms with Crippen LogP contribution in [0.1, 0.15) is 22.6 Å². The number of benzene rings is 1. The molecule has 0 aliphatic carbocycles. The fourth-order valence-electron chi connectivity index (χ4n) is 1.62. The number of aromatic nitrogens is 2. The number of aryl methyl sites for hydroxylation is 1. The third-order valence-electron chi connectivity index (χ3n) is 2.37. The standard InChI is InChI=1S/C13H14N2O/c1-10-3-2-4-11(7-10)8-13-14-6-5-12(9-16)15-13/h2-7,16H,8-9H2,1H3.